The normalized spacial score (nSPS) is 18.4. The van der Waals surface area contributed by atoms with E-state index in [-0.39, 0.29) is 11.5 Å². The maximum atomic E-state index is 4.17. The summed E-state index contributed by atoms with van der Waals surface area (Å²) in [6, 6.07) is 30.2. The molecule has 1 heterocycles. The zero-order chi connectivity index (χ0) is 33.8. The molecule has 0 aliphatic heterocycles. The van der Waals surface area contributed by atoms with Gasteiger partial charge in [0.15, 0.2) is 0 Å². The Kier molecular flexibility index (Phi) is 9.55. The monoisotopic (exact) mass is 658 g/mol. The molecule has 3 aliphatic rings. The molecule has 0 radical (unpaired) electrons. The zero-order valence-electron chi connectivity index (χ0n) is 28.9. The van der Waals surface area contributed by atoms with Gasteiger partial charge in [-0.15, -0.1) is 17.9 Å². The van der Waals surface area contributed by atoms with Gasteiger partial charge in [0.2, 0.25) is 0 Å². The highest BCUT2D eigenvalue weighted by molar-refractivity contribution is 7.14. The quantitative estimate of drug-likeness (QED) is 0.161. The first-order valence-electron chi connectivity index (χ1n) is 17.6. The van der Waals surface area contributed by atoms with Crippen LogP contribution in [-0.2, 0) is 11.8 Å². The summed E-state index contributed by atoms with van der Waals surface area (Å²) in [6.45, 7) is 11.1. The molecule has 0 amide bonds. The molecule has 3 aromatic carbocycles. The van der Waals surface area contributed by atoms with Gasteiger partial charge in [0, 0.05) is 33.0 Å². The number of benzene rings is 3. The molecule has 3 aliphatic carbocycles. The van der Waals surface area contributed by atoms with Crippen molar-refractivity contribution in [2.75, 3.05) is 5.32 Å². The van der Waals surface area contributed by atoms with E-state index >= 15 is 0 Å². The van der Waals surface area contributed by atoms with Crippen molar-refractivity contribution in [3.05, 3.63) is 177 Å². The summed E-state index contributed by atoms with van der Waals surface area (Å²) in [6.07, 6.45) is 26.9. The standard InChI is InChI=1S/C46H46N2S/c1-5-15-35(16-6-2)48(36-25-27-43-41(31-36)38-21-13-14-22-42(38)46(43,3)4)37-24-26-39-40(29-30-47-34-19-11-8-12-20-34)44(49-45(39)32-37)28-23-33-17-9-7-10-18-33/h5-14,16-23,25,28-32,35,43,47H,1,15,24,26-27H2,2-4H3/b16-6-,28-23-,30-29+. The van der Waals surface area contributed by atoms with E-state index in [1.165, 1.54) is 54.5 Å². The highest BCUT2D eigenvalue weighted by atomic mass is 32.1. The molecule has 2 nitrogen and oxygen atoms in total. The van der Waals surface area contributed by atoms with Gasteiger partial charge in [0.25, 0.3) is 0 Å². The van der Waals surface area contributed by atoms with Crippen molar-refractivity contribution in [3.63, 3.8) is 0 Å². The fourth-order valence-electron chi connectivity index (χ4n) is 7.87. The number of nitrogens with one attached hydrogen (secondary N) is 1. The maximum Gasteiger partial charge on any atom is 0.0553 e. The van der Waals surface area contributed by atoms with Crippen molar-refractivity contribution >= 4 is 46.9 Å². The van der Waals surface area contributed by atoms with Crippen LogP contribution in [0.2, 0.25) is 0 Å². The number of allylic oxidation sites excluding steroid dienone is 5. The summed E-state index contributed by atoms with van der Waals surface area (Å²) in [7, 11) is 0. The number of rotatable bonds is 11. The minimum Gasteiger partial charge on any atom is -0.362 e. The Morgan fingerprint density at radius 2 is 1.67 bits per heavy atom. The molecule has 1 aromatic heterocycles. The van der Waals surface area contributed by atoms with Gasteiger partial charge in [0.1, 0.15) is 0 Å². The van der Waals surface area contributed by atoms with Gasteiger partial charge in [-0.25, -0.2) is 0 Å². The van der Waals surface area contributed by atoms with Gasteiger partial charge in [-0.3, -0.25) is 0 Å². The summed E-state index contributed by atoms with van der Waals surface area (Å²) in [5.41, 5.74) is 12.2. The van der Waals surface area contributed by atoms with Crippen LogP contribution in [0.15, 0.2) is 139 Å². The summed E-state index contributed by atoms with van der Waals surface area (Å²) < 4.78 is 0. The average molecular weight is 659 g/mol. The molecule has 0 saturated heterocycles. The molecule has 7 rings (SSSR count). The zero-order valence-corrected chi connectivity index (χ0v) is 29.7. The van der Waals surface area contributed by atoms with E-state index in [1.807, 2.05) is 17.4 Å². The van der Waals surface area contributed by atoms with Crippen molar-refractivity contribution in [2.24, 2.45) is 5.92 Å². The van der Waals surface area contributed by atoms with Crippen LogP contribution < -0.4 is 5.32 Å². The van der Waals surface area contributed by atoms with Gasteiger partial charge in [-0.2, -0.15) is 0 Å². The van der Waals surface area contributed by atoms with Gasteiger partial charge < -0.3 is 10.2 Å². The second-order valence-corrected chi connectivity index (χ2v) is 14.8. The van der Waals surface area contributed by atoms with E-state index in [0.717, 1.165) is 31.4 Å². The second kappa shape index (κ2) is 14.3. The molecule has 0 saturated carbocycles. The van der Waals surface area contributed by atoms with Gasteiger partial charge in [-0.1, -0.05) is 117 Å². The molecule has 3 heteroatoms. The van der Waals surface area contributed by atoms with E-state index in [1.54, 1.807) is 0 Å². The van der Waals surface area contributed by atoms with Crippen LogP contribution >= 0.6 is 11.3 Å². The van der Waals surface area contributed by atoms with Crippen LogP contribution in [-0.4, -0.2) is 10.9 Å². The number of thiophene rings is 1. The number of para-hydroxylation sites is 1. The maximum absolute atomic E-state index is 4.17. The number of hydrogen-bond acceptors (Lipinski definition) is 3. The Hall–Kier alpha value is -4.86. The highest BCUT2D eigenvalue weighted by Gasteiger charge is 2.43. The van der Waals surface area contributed by atoms with Crippen molar-refractivity contribution < 1.29 is 0 Å². The lowest BCUT2D eigenvalue weighted by atomic mass is 9.74. The fraction of sp³-hybridized carbons (Fsp3) is 0.217. The molecule has 2 atom stereocenters. The Bertz CT molecular complexity index is 2000. The van der Waals surface area contributed by atoms with Gasteiger partial charge in [-0.05, 0) is 114 Å². The van der Waals surface area contributed by atoms with Crippen LogP contribution in [0, 0.1) is 5.92 Å². The lowest BCUT2D eigenvalue weighted by molar-refractivity contribution is 0.352. The second-order valence-electron chi connectivity index (χ2n) is 13.7. The molecule has 2 unspecified atom stereocenters. The summed E-state index contributed by atoms with van der Waals surface area (Å²) in [5, 5.41) is 3.48. The smallest absolute Gasteiger partial charge is 0.0553 e. The Labute approximate surface area is 296 Å². The van der Waals surface area contributed by atoms with Crippen LogP contribution in [0.5, 0.6) is 0 Å². The summed E-state index contributed by atoms with van der Waals surface area (Å²) in [4.78, 5) is 5.25. The minimum absolute atomic E-state index is 0.123. The number of fused-ring (bicyclic) bond motifs is 4. The molecule has 1 N–H and O–H groups in total. The third-order valence-electron chi connectivity index (χ3n) is 10.3. The van der Waals surface area contributed by atoms with Crippen LogP contribution in [0.4, 0.5) is 5.69 Å². The first kappa shape index (κ1) is 32.7. The number of nitrogens with zero attached hydrogens (tertiary/aromatic N) is 1. The van der Waals surface area contributed by atoms with Crippen molar-refractivity contribution in [2.45, 2.75) is 57.9 Å². The molecule has 4 aromatic rings. The molecule has 246 valence electrons. The topological polar surface area (TPSA) is 15.3 Å². The highest BCUT2D eigenvalue weighted by Crippen LogP contribution is 2.54. The largest absolute Gasteiger partial charge is 0.362 e. The fourth-order valence-corrected chi connectivity index (χ4v) is 9.08. The predicted molar refractivity (Wildman–Crippen MR) is 214 cm³/mol. The SMILES string of the molecule is C=CCC(/C=C\C)N(C1=CCC2C(=C1)c1ccccc1C2(C)C)C1=Cc2sc(/C=C\c3ccccc3)c(/C=C/Nc3ccccc3)c2CC1. The molecule has 0 spiro atoms. The first-order chi connectivity index (χ1) is 24.0. The molecular weight excluding hydrogens is 613 g/mol. The van der Waals surface area contributed by atoms with E-state index in [2.05, 4.69) is 177 Å². The Balaban J connectivity index is 1.29. The lowest BCUT2D eigenvalue weighted by Crippen LogP contribution is -2.34. The van der Waals surface area contributed by atoms with E-state index in [4.69, 9.17) is 0 Å². The summed E-state index contributed by atoms with van der Waals surface area (Å²) >= 11 is 1.90. The van der Waals surface area contributed by atoms with E-state index < -0.39 is 0 Å². The number of anilines is 1. The third kappa shape index (κ3) is 6.60. The molecule has 0 fully saturated rings. The third-order valence-corrected chi connectivity index (χ3v) is 11.5. The van der Waals surface area contributed by atoms with Crippen LogP contribution in [0.3, 0.4) is 0 Å². The Morgan fingerprint density at radius 1 is 0.918 bits per heavy atom. The van der Waals surface area contributed by atoms with Crippen LogP contribution in [0.25, 0.3) is 29.9 Å². The lowest BCUT2D eigenvalue weighted by Gasteiger charge is -2.39. The predicted octanol–water partition coefficient (Wildman–Crippen LogP) is 12.4. The van der Waals surface area contributed by atoms with Crippen molar-refractivity contribution in [3.8, 4) is 0 Å². The molecule has 0 bridgehead atoms. The van der Waals surface area contributed by atoms with E-state index in [0.29, 0.717) is 5.92 Å². The van der Waals surface area contributed by atoms with E-state index in [9.17, 15) is 0 Å². The van der Waals surface area contributed by atoms with Gasteiger partial charge in [0.05, 0.1) is 6.04 Å². The number of hydrogen-bond donors (Lipinski definition) is 1. The molecule has 49 heavy (non-hydrogen) atoms. The van der Waals surface area contributed by atoms with Crippen molar-refractivity contribution in [1.29, 1.82) is 0 Å². The Morgan fingerprint density at radius 3 is 2.45 bits per heavy atom. The summed E-state index contributed by atoms with van der Waals surface area (Å²) in [5.74, 6) is 0.497. The van der Waals surface area contributed by atoms with Crippen molar-refractivity contribution in [1.82, 2.24) is 4.90 Å². The first-order valence-corrected chi connectivity index (χ1v) is 18.4. The minimum atomic E-state index is 0.123. The van der Waals surface area contributed by atoms with Crippen LogP contribution in [0.1, 0.15) is 77.6 Å². The molecular formula is C46H46N2S. The van der Waals surface area contributed by atoms with Gasteiger partial charge >= 0.3 is 0 Å². The average Bonchev–Trinajstić information content (AvgIpc) is 3.59.